The molecule has 0 spiro atoms. The first-order chi connectivity index (χ1) is 12.6. The standard InChI is InChI=1S/C20H23N5O/c1-15-4-6-16(7-5-15)18-19-22-17(14-25(19)11-8-21-18)20(26)24-10-3-9-23(2)12-13-24/h4-8,11,14H,3,9-10,12-13H2,1-2H3. The van der Waals surface area contributed by atoms with Crippen LogP contribution < -0.4 is 0 Å². The maximum atomic E-state index is 12.9. The minimum atomic E-state index is -0.00106. The molecule has 6 nitrogen and oxygen atoms in total. The van der Waals surface area contributed by atoms with Crippen molar-refractivity contribution in [1.82, 2.24) is 24.2 Å². The van der Waals surface area contributed by atoms with Gasteiger partial charge in [-0.25, -0.2) is 4.98 Å². The lowest BCUT2D eigenvalue weighted by atomic mass is 10.1. The summed E-state index contributed by atoms with van der Waals surface area (Å²) >= 11 is 0. The second kappa shape index (κ2) is 6.88. The van der Waals surface area contributed by atoms with E-state index in [1.54, 1.807) is 6.20 Å². The molecule has 0 saturated carbocycles. The Kier molecular flexibility index (Phi) is 4.42. The molecule has 0 radical (unpaired) electrons. The molecule has 1 aliphatic rings. The molecule has 1 amide bonds. The number of fused-ring (bicyclic) bond motifs is 1. The van der Waals surface area contributed by atoms with Crippen LogP contribution in [0.25, 0.3) is 16.9 Å². The van der Waals surface area contributed by atoms with Gasteiger partial charge in [-0.2, -0.15) is 0 Å². The van der Waals surface area contributed by atoms with Crippen LogP contribution in [0, 0.1) is 6.92 Å². The Morgan fingerprint density at radius 1 is 1.08 bits per heavy atom. The highest BCUT2D eigenvalue weighted by Gasteiger charge is 2.22. The van der Waals surface area contributed by atoms with Crippen molar-refractivity contribution in [2.75, 3.05) is 33.2 Å². The highest BCUT2D eigenvalue weighted by molar-refractivity contribution is 5.93. The molecule has 0 aliphatic carbocycles. The number of imidazole rings is 1. The normalized spacial score (nSPS) is 16.0. The number of amides is 1. The second-order valence-corrected chi connectivity index (χ2v) is 6.95. The van der Waals surface area contributed by atoms with E-state index in [9.17, 15) is 4.79 Å². The van der Waals surface area contributed by atoms with Crippen LogP contribution in [0.15, 0.2) is 42.9 Å². The van der Waals surface area contributed by atoms with Gasteiger partial charge < -0.3 is 14.2 Å². The van der Waals surface area contributed by atoms with Gasteiger partial charge in [-0.15, -0.1) is 0 Å². The summed E-state index contributed by atoms with van der Waals surface area (Å²) in [6.07, 6.45) is 6.39. The third kappa shape index (κ3) is 3.20. The maximum absolute atomic E-state index is 12.9. The number of carbonyl (C=O) groups is 1. The van der Waals surface area contributed by atoms with Crippen molar-refractivity contribution < 1.29 is 4.79 Å². The van der Waals surface area contributed by atoms with E-state index >= 15 is 0 Å². The van der Waals surface area contributed by atoms with Crippen LogP contribution >= 0.6 is 0 Å². The number of likely N-dealkylation sites (N-methyl/N-ethyl adjacent to an activating group) is 1. The number of nitrogens with zero attached hydrogens (tertiary/aromatic N) is 5. The van der Waals surface area contributed by atoms with Gasteiger partial charge in [0.05, 0.1) is 0 Å². The van der Waals surface area contributed by atoms with Crippen LogP contribution in [0.4, 0.5) is 0 Å². The Labute approximate surface area is 153 Å². The summed E-state index contributed by atoms with van der Waals surface area (Å²) in [6.45, 7) is 5.50. The molecule has 1 aromatic carbocycles. The molecule has 4 rings (SSSR count). The lowest BCUT2D eigenvalue weighted by Gasteiger charge is -2.19. The Balaban J connectivity index is 1.68. The first-order valence-corrected chi connectivity index (χ1v) is 9.00. The lowest BCUT2D eigenvalue weighted by Crippen LogP contribution is -2.34. The molecule has 134 valence electrons. The summed E-state index contributed by atoms with van der Waals surface area (Å²) in [4.78, 5) is 26.2. The average molecular weight is 349 g/mol. The van der Waals surface area contributed by atoms with Crippen LogP contribution in [-0.2, 0) is 0 Å². The number of aromatic nitrogens is 3. The highest BCUT2D eigenvalue weighted by Crippen LogP contribution is 2.22. The van der Waals surface area contributed by atoms with Gasteiger partial charge in [0.25, 0.3) is 5.91 Å². The molecule has 2 aromatic heterocycles. The van der Waals surface area contributed by atoms with Gasteiger partial charge in [-0.1, -0.05) is 29.8 Å². The van der Waals surface area contributed by atoms with Gasteiger partial charge in [0.15, 0.2) is 5.65 Å². The zero-order chi connectivity index (χ0) is 18.1. The van der Waals surface area contributed by atoms with Crippen LogP contribution in [-0.4, -0.2) is 63.3 Å². The summed E-state index contributed by atoms with van der Waals surface area (Å²) in [5.41, 5.74) is 4.19. The molecule has 0 atom stereocenters. The van der Waals surface area contributed by atoms with E-state index in [2.05, 4.69) is 41.0 Å². The fraction of sp³-hybridized carbons (Fsp3) is 0.350. The maximum Gasteiger partial charge on any atom is 0.274 e. The Bertz CT molecular complexity index is 931. The highest BCUT2D eigenvalue weighted by atomic mass is 16.2. The Morgan fingerprint density at radius 2 is 1.88 bits per heavy atom. The molecular formula is C20H23N5O. The van der Waals surface area contributed by atoms with Crippen LogP contribution in [0.1, 0.15) is 22.5 Å². The van der Waals surface area contributed by atoms with Crippen molar-refractivity contribution in [2.45, 2.75) is 13.3 Å². The molecule has 3 heterocycles. The van der Waals surface area contributed by atoms with E-state index in [4.69, 9.17) is 0 Å². The summed E-state index contributed by atoms with van der Waals surface area (Å²) in [5, 5.41) is 0. The van der Waals surface area contributed by atoms with Crippen molar-refractivity contribution in [3.63, 3.8) is 0 Å². The van der Waals surface area contributed by atoms with Gasteiger partial charge in [0.1, 0.15) is 11.4 Å². The average Bonchev–Trinajstić information content (AvgIpc) is 2.97. The van der Waals surface area contributed by atoms with Crippen molar-refractivity contribution in [3.8, 4) is 11.3 Å². The Morgan fingerprint density at radius 3 is 2.69 bits per heavy atom. The predicted octanol–water partition coefficient (Wildman–Crippen LogP) is 2.48. The lowest BCUT2D eigenvalue weighted by molar-refractivity contribution is 0.0757. The van der Waals surface area contributed by atoms with E-state index in [-0.39, 0.29) is 5.91 Å². The van der Waals surface area contributed by atoms with Crippen molar-refractivity contribution in [3.05, 3.63) is 54.1 Å². The quantitative estimate of drug-likeness (QED) is 0.713. The first-order valence-electron chi connectivity index (χ1n) is 9.00. The minimum absolute atomic E-state index is 0.00106. The van der Waals surface area contributed by atoms with Crippen LogP contribution in [0.2, 0.25) is 0 Å². The topological polar surface area (TPSA) is 53.7 Å². The summed E-state index contributed by atoms with van der Waals surface area (Å²) < 4.78 is 1.89. The molecular weight excluding hydrogens is 326 g/mol. The number of benzene rings is 1. The number of hydrogen-bond acceptors (Lipinski definition) is 4. The zero-order valence-corrected chi connectivity index (χ0v) is 15.2. The number of rotatable bonds is 2. The zero-order valence-electron chi connectivity index (χ0n) is 15.2. The van der Waals surface area contributed by atoms with Gasteiger partial charge in [-0.3, -0.25) is 9.78 Å². The molecule has 0 unspecified atom stereocenters. The molecule has 1 fully saturated rings. The second-order valence-electron chi connectivity index (χ2n) is 6.95. The van der Waals surface area contributed by atoms with E-state index in [0.717, 1.165) is 43.9 Å². The van der Waals surface area contributed by atoms with Gasteiger partial charge in [0.2, 0.25) is 0 Å². The largest absolute Gasteiger partial charge is 0.336 e. The monoisotopic (exact) mass is 349 g/mol. The van der Waals surface area contributed by atoms with E-state index in [1.807, 2.05) is 33.8 Å². The summed E-state index contributed by atoms with van der Waals surface area (Å²) in [6, 6.07) is 8.20. The van der Waals surface area contributed by atoms with E-state index in [0.29, 0.717) is 11.3 Å². The molecule has 3 aromatic rings. The van der Waals surface area contributed by atoms with Crippen molar-refractivity contribution in [2.24, 2.45) is 0 Å². The first kappa shape index (κ1) is 16.7. The molecule has 1 aliphatic heterocycles. The molecule has 6 heteroatoms. The smallest absolute Gasteiger partial charge is 0.274 e. The fourth-order valence-corrected chi connectivity index (χ4v) is 3.35. The van der Waals surface area contributed by atoms with E-state index < -0.39 is 0 Å². The summed E-state index contributed by atoms with van der Waals surface area (Å²) in [7, 11) is 2.10. The number of hydrogen-bond donors (Lipinski definition) is 0. The third-order valence-electron chi connectivity index (χ3n) is 4.93. The van der Waals surface area contributed by atoms with Crippen molar-refractivity contribution >= 4 is 11.6 Å². The van der Waals surface area contributed by atoms with Crippen LogP contribution in [0.5, 0.6) is 0 Å². The minimum Gasteiger partial charge on any atom is -0.336 e. The van der Waals surface area contributed by atoms with Crippen molar-refractivity contribution in [1.29, 1.82) is 0 Å². The van der Waals surface area contributed by atoms with E-state index in [1.165, 1.54) is 5.56 Å². The molecule has 26 heavy (non-hydrogen) atoms. The number of carbonyl (C=O) groups excluding carboxylic acids is 1. The van der Waals surface area contributed by atoms with Crippen LogP contribution in [0.3, 0.4) is 0 Å². The van der Waals surface area contributed by atoms with Gasteiger partial charge >= 0.3 is 0 Å². The fourth-order valence-electron chi connectivity index (χ4n) is 3.35. The van der Waals surface area contributed by atoms with Gasteiger partial charge in [-0.05, 0) is 26.9 Å². The number of aryl methyl sites for hydroxylation is 1. The predicted molar refractivity (Wildman–Crippen MR) is 101 cm³/mol. The Hall–Kier alpha value is -2.73. The molecule has 0 N–H and O–H groups in total. The summed E-state index contributed by atoms with van der Waals surface area (Å²) in [5.74, 6) is -0.00106. The molecule has 0 bridgehead atoms. The third-order valence-corrected chi connectivity index (χ3v) is 4.93. The molecule has 1 saturated heterocycles. The van der Waals surface area contributed by atoms with Gasteiger partial charge in [0, 0.05) is 43.8 Å². The SMILES string of the molecule is Cc1ccc(-c2nccn3cc(C(=O)N4CCCN(C)CC4)nc23)cc1.